The van der Waals surface area contributed by atoms with Crippen LogP contribution in [0.25, 0.3) is 11.3 Å². The van der Waals surface area contributed by atoms with Gasteiger partial charge in [0.25, 0.3) is 5.91 Å². The number of anilines is 1. The van der Waals surface area contributed by atoms with Gasteiger partial charge in [-0.1, -0.05) is 22.9 Å². The number of halogens is 1. The van der Waals surface area contributed by atoms with Gasteiger partial charge in [-0.2, -0.15) is 0 Å². The van der Waals surface area contributed by atoms with Crippen molar-refractivity contribution in [2.45, 2.75) is 37.1 Å². The first kappa shape index (κ1) is 30.1. The fourth-order valence-electron chi connectivity index (χ4n) is 4.50. The highest BCUT2D eigenvalue weighted by molar-refractivity contribution is 7.99. The standard InChI is InChI=1S/C29H30ClN7O5S/c1-41-24-9-8-19(15-23(24)30)27-26(32-18-42-27)28(39)31-11-4-12-36-17-20(34-35-36)5-3-14-43-22-7-2-6-21(16-22)37-13-10-25(38)33-29(37)40/h2,6-9,15-18H,3-5,10-14H2,1H3,(H,31,39)(H,33,38,40). The minimum atomic E-state index is -0.386. The molecule has 1 aliphatic rings. The Balaban J connectivity index is 1.02. The van der Waals surface area contributed by atoms with Gasteiger partial charge in [-0.25, -0.2) is 9.78 Å². The first-order chi connectivity index (χ1) is 20.9. The number of amides is 4. The Kier molecular flexibility index (Phi) is 9.95. The molecule has 5 rings (SSSR count). The van der Waals surface area contributed by atoms with Crippen molar-refractivity contribution in [3.05, 3.63) is 71.5 Å². The lowest BCUT2D eigenvalue weighted by Gasteiger charge is -2.26. The number of oxazole rings is 1. The fourth-order valence-corrected chi connectivity index (χ4v) is 5.67. The highest BCUT2D eigenvalue weighted by Crippen LogP contribution is 2.31. The van der Waals surface area contributed by atoms with Crippen molar-refractivity contribution in [3.63, 3.8) is 0 Å². The number of methoxy groups -OCH3 is 1. The van der Waals surface area contributed by atoms with Gasteiger partial charge in [0.15, 0.2) is 17.8 Å². The molecule has 3 heterocycles. The Morgan fingerprint density at radius 3 is 2.91 bits per heavy atom. The Morgan fingerprint density at radius 1 is 1.21 bits per heavy atom. The second-order valence-electron chi connectivity index (χ2n) is 9.67. The maximum atomic E-state index is 12.7. The molecule has 0 aliphatic carbocycles. The largest absolute Gasteiger partial charge is 0.495 e. The number of hydrogen-bond donors (Lipinski definition) is 2. The highest BCUT2D eigenvalue weighted by Gasteiger charge is 2.24. The zero-order chi connectivity index (χ0) is 30.2. The van der Waals surface area contributed by atoms with Crippen molar-refractivity contribution < 1.29 is 23.5 Å². The lowest BCUT2D eigenvalue weighted by Crippen LogP contribution is -2.49. The molecule has 0 saturated carbocycles. The zero-order valence-corrected chi connectivity index (χ0v) is 25.0. The zero-order valence-electron chi connectivity index (χ0n) is 23.4. The molecule has 1 saturated heterocycles. The maximum absolute atomic E-state index is 12.7. The number of nitrogens with one attached hydrogen (secondary N) is 2. The first-order valence-corrected chi connectivity index (χ1v) is 15.1. The monoisotopic (exact) mass is 623 g/mol. The number of thioether (sulfide) groups is 1. The summed E-state index contributed by atoms with van der Waals surface area (Å²) in [6.45, 7) is 1.41. The van der Waals surface area contributed by atoms with Gasteiger partial charge in [-0.05, 0) is 61.4 Å². The number of hydrogen-bond acceptors (Lipinski definition) is 9. The van der Waals surface area contributed by atoms with Gasteiger partial charge in [0, 0.05) is 48.4 Å². The summed E-state index contributed by atoms with van der Waals surface area (Å²) in [6.07, 6.45) is 5.79. The molecule has 0 atom stereocenters. The van der Waals surface area contributed by atoms with E-state index in [0.717, 1.165) is 34.9 Å². The topological polar surface area (TPSA) is 144 Å². The van der Waals surface area contributed by atoms with Gasteiger partial charge >= 0.3 is 6.03 Å². The van der Waals surface area contributed by atoms with Crippen LogP contribution in [0.3, 0.4) is 0 Å². The molecule has 1 aliphatic heterocycles. The van der Waals surface area contributed by atoms with Gasteiger partial charge in [0.05, 0.1) is 17.8 Å². The third-order valence-corrected chi connectivity index (χ3v) is 8.04. The quantitative estimate of drug-likeness (QED) is 0.161. The number of urea groups is 1. The van der Waals surface area contributed by atoms with E-state index in [2.05, 4.69) is 25.9 Å². The van der Waals surface area contributed by atoms with Crippen LogP contribution in [0.4, 0.5) is 10.5 Å². The van der Waals surface area contributed by atoms with Crippen molar-refractivity contribution in [3.8, 4) is 17.1 Å². The number of benzene rings is 2. The normalized spacial score (nSPS) is 13.2. The summed E-state index contributed by atoms with van der Waals surface area (Å²) in [7, 11) is 1.53. The highest BCUT2D eigenvalue weighted by atomic mass is 35.5. The summed E-state index contributed by atoms with van der Waals surface area (Å²) >= 11 is 7.92. The molecule has 12 nitrogen and oxygen atoms in total. The molecule has 14 heteroatoms. The molecule has 43 heavy (non-hydrogen) atoms. The lowest BCUT2D eigenvalue weighted by molar-refractivity contribution is -0.120. The molecule has 0 unspecified atom stereocenters. The van der Waals surface area contributed by atoms with Crippen molar-refractivity contribution in [1.29, 1.82) is 0 Å². The van der Waals surface area contributed by atoms with E-state index in [9.17, 15) is 14.4 Å². The van der Waals surface area contributed by atoms with Crippen LogP contribution in [0.5, 0.6) is 5.75 Å². The SMILES string of the molecule is COc1ccc(-c2ocnc2C(=O)NCCCn2cc(CCCSc3cccc(N4CCC(=O)NC4=O)c3)nn2)cc1Cl. The van der Waals surface area contributed by atoms with Crippen LogP contribution in [-0.4, -0.2) is 63.8 Å². The van der Waals surface area contributed by atoms with Gasteiger partial charge in [-0.15, -0.1) is 16.9 Å². The van der Waals surface area contributed by atoms with E-state index < -0.39 is 0 Å². The van der Waals surface area contributed by atoms with Crippen molar-refractivity contribution in [1.82, 2.24) is 30.6 Å². The fraction of sp³-hybridized carbons (Fsp3) is 0.310. The molecule has 1 fully saturated rings. The van der Waals surface area contributed by atoms with Crippen LogP contribution in [-0.2, 0) is 17.8 Å². The molecular weight excluding hydrogens is 594 g/mol. The van der Waals surface area contributed by atoms with E-state index in [1.54, 1.807) is 39.5 Å². The molecule has 0 spiro atoms. The number of aromatic nitrogens is 4. The van der Waals surface area contributed by atoms with Gasteiger partial charge in [-0.3, -0.25) is 24.5 Å². The van der Waals surface area contributed by atoms with Crippen LogP contribution < -0.4 is 20.3 Å². The number of aryl methyl sites for hydroxylation is 2. The lowest BCUT2D eigenvalue weighted by atomic mass is 10.1. The Morgan fingerprint density at radius 2 is 2.09 bits per heavy atom. The number of nitrogens with zero attached hydrogens (tertiary/aromatic N) is 5. The summed E-state index contributed by atoms with van der Waals surface area (Å²) in [5, 5.41) is 14.1. The predicted molar refractivity (Wildman–Crippen MR) is 161 cm³/mol. The minimum absolute atomic E-state index is 0.183. The number of ether oxygens (including phenoxy) is 1. The molecule has 0 bridgehead atoms. The molecule has 4 amide bonds. The first-order valence-electron chi connectivity index (χ1n) is 13.7. The van der Waals surface area contributed by atoms with Crippen LogP contribution >= 0.6 is 23.4 Å². The molecule has 2 aromatic heterocycles. The van der Waals surface area contributed by atoms with Crippen LogP contribution in [0.15, 0.2) is 64.4 Å². The minimum Gasteiger partial charge on any atom is -0.495 e. The maximum Gasteiger partial charge on any atom is 0.328 e. The molecular formula is C29H30ClN7O5S. The number of carbonyl (C=O) groups is 3. The Bertz CT molecular complexity index is 1610. The van der Waals surface area contributed by atoms with E-state index >= 15 is 0 Å². The number of imide groups is 1. The van der Waals surface area contributed by atoms with Gasteiger partial charge < -0.3 is 14.5 Å². The summed E-state index contributed by atoms with van der Waals surface area (Å²) in [6, 6.07) is 12.5. The van der Waals surface area contributed by atoms with Crippen molar-refractivity contribution in [2.75, 3.05) is 30.9 Å². The van der Waals surface area contributed by atoms with Crippen LogP contribution in [0.2, 0.25) is 5.02 Å². The van der Waals surface area contributed by atoms with Gasteiger partial charge in [0.2, 0.25) is 5.91 Å². The molecule has 2 N–H and O–H groups in total. The van der Waals surface area contributed by atoms with Crippen LogP contribution in [0, 0.1) is 0 Å². The van der Waals surface area contributed by atoms with E-state index in [4.69, 9.17) is 20.8 Å². The second-order valence-corrected chi connectivity index (χ2v) is 11.2. The van der Waals surface area contributed by atoms with Gasteiger partial charge in [0.1, 0.15) is 5.75 Å². The molecule has 0 radical (unpaired) electrons. The molecule has 2 aromatic carbocycles. The third-order valence-electron chi connectivity index (χ3n) is 6.66. The number of carbonyl (C=O) groups excluding carboxylic acids is 3. The summed E-state index contributed by atoms with van der Waals surface area (Å²) < 4.78 is 12.4. The Labute approximate surface area is 257 Å². The second kappa shape index (κ2) is 14.2. The smallest absolute Gasteiger partial charge is 0.328 e. The Hall–Kier alpha value is -4.36. The van der Waals surface area contributed by atoms with E-state index in [0.29, 0.717) is 54.6 Å². The average Bonchev–Trinajstić information content (AvgIpc) is 3.68. The molecule has 4 aromatic rings. The van der Waals surface area contributed by atoms with E-state index in [1.807, 2.05) is 30.5 Å². The van der Waals surface area contributed by atoms with E-state index in [1.165, 1.54) is 13.5 Å². The summed E-state index contributed by atoms with van der Waals surface area (Å²) in [5.41, 5.74) is 2.49. The predicted octanol–water partition coefficient (Wildman–Crippen LogP) is 4.59. The summed E-state index contributed by atoms with van der Waals surface area (Å²) in [4.78, 5) is 43.0. The third kappa shape index (κ3) is 7.73. The van der Waals surface area contributed by atoms with Crippen molar-refractivity contribution >= 4 is 46.9 Å². The van der Waals surface area contributed by atoms with Crippen molar-refractivity contribution in [2.24, 2.45) is 0 Å². The average molecular weight is 624 g/mol. The van der Waals surface area contributed by atoms with E-state index in [-0.39, 0.29) is 23.5 Å². The molecule has 224 valence electrons. The number of rotatable bonds is 13. The van der Waals surface area contributed by atoms with Crippen LogP contribution in [0.1, 0.15) is 35.4 Å². The summed E-state index contributed by atoms with van der Waals surface area (Å²) in [5.74, 6) is 1.15.